The first-order valence-electron chi connectivity index (χ1n) is 7.31. The Kier molecular flexibility index (Phi) is 5.79. The Morgan fingerprint density at radius 3 is 2.81 bits per heavy atom. The molecule has 0 bridgehead atoms. The molecule has 0 aromatic carbocycles. The van der Waals surface area contributed by atoms with E-state index in [1.165, 1.54) is 28.5 Å². The van der Waals surface area contributed by atoms with Gasteiger partial charge in [-0.3, -0.25) is 0 Å². The quantitative estimate of drug-likeness (QED) is 0.752. The minimum absolute atomic E-state index is 0.172. The molecule has 21 heavy (non-hydrogen) atoms. The lowest BCUT2D eigenvalue weighted by Gasteiger charge is -2.26. The van der Waals surface area contributed by atoms with Gasteiger partial charge in [-0.15, -0.1) is 11.3 Å². The smallest absolute Gasteiger partial charge is 0.244 e. The van der Waals surface area contributed by atoms with Gasteiger partial charge in [0.15, 0.2) is 0 Å². The Bertz CT molecular complexity index is 552. The molecule has 0 saturated heterocycles. The van der Waals surface area contributed by atoms with Crippen molar-refractivity contribution >= 4 is 21.4 Å². The molecule has 1 aromatic rings. The van der Waals surface area contributed by atoms with Gasteiger partial charge in [0.05, 0.1) is 11.5 Å². The normalized spacial score (nSPS) is 17.3. The molecular weight excluding hydrogens is 308 g/mol. The lowest BCUT2D eigenvalue weighted by atomic mass is 10.4. The lowest BCUT2D eigenvalue weighted by Crippen LogP contribution is -2.41. The van der Waals surface area contributed by atoms with E-state index in [0.717, 1.165) is 4.88 Å². The van der Waals surface area contributed by atoms with Crippen LogP contribution in [0.4, 0.5) is 0 Å². The minimum atomic E-state index is -3.46. The molecule has 0 aliphatic heterocycles. The van der Waals surface area contributed by atoms with Gasteiger partial charge >= 0.3 is 0 Å². The van der Waals surface area contributed by atoms with Crippen LogP contribution in [-0.2, 0) is 21.3 Å². The Labute approximate surface area is 131 Å². The van der Waals surface area contributed by atoms with Crippen molar-refractivity contribution in [3.63, 3.8) is 0 Å². The fourth-order valence-electron chi connectivity index (χ4n) is 2.38. The second-order valence-electron chi connectivity index (χ2n) is 5.38. The number of likely N-dealkylation sites (N-methyl/N-ethyl adjacent to an activating group) is 1. The zero-order chi connectivity index (χ0) is 15.5. The number of sulfonamides is 1. The van der Waals surface area contributed by atoms with E-state index in [4.69, 9.17) is 4.74 Å². The van der Waals surface area contributed by atoms with E-state index in [-0.39, 0.29) is 6.04 Å². The Morgan fingerprint density at radius 2 is 2.24 bits per heavy atom. The Balaban J connectivity index is 2.18. The first kappa shape index (κ1) is 16.9. The summed E-state index contributed by atoms with van der Waals surface area (Å²) in [5.74, 6) is 0. The van der Waals surface area contributed by atoms with Crippen LogP contribution in [0.2, 0.25) is 0 Å². The molecule has 1 fully saturated rings. The van der Waals surface area contributed by atoms with Gasteiger partial charge in [-0.25, -0.2) is 8.42 Å². The monoisotopic (exact) mass is 332 g/mol. The summed E-state index contributed by atoms with van der Waals surface area (Å²) in [5.41, 5.74) is 0. The summed E-state index contributed by atoms with van der Waals surface area (Å²) in [4.78, 5) is 1.33. The number of thiophene rings is 1. The molecule has 0 spiro atoms. The van der Waals surface area contributed by atoms with E-state index in [9.17, 15) is 8.42 Å². The highest BCUT2D eigenvalue weighted by Gasteiger charge is 2.31. The molecule has 1 saturated carbocycles. The van der Waals surface area contributed by atoms with Crippen LogP contribution in [0.1, 0.15) is 31.6 Å². The molecule has 1 unspecified atom stereocenters. The zero-order valence-electron chi connectivity index (χ0n) is 12.8. The fourth-order valence-corrected chi connectivity index (χ4v) is 5.37. The number of rotatable bonds is 9. The van der Waals surface area contributed by atoms with Gasteiger partial charge in [0.2, 0.25) is 10.0 Å². The predicted molar refractivity (Wildman–Crippen MR) is 85.1 cm³/mol. The standard InChI is InChI=1S/C14H24N2O3S2/c1-4-16(11(2)10-19-3)21(17,18)14-7-8-20-13(14)9-15-12-5-6-12/h7-8,11-12,15H,4-6,9-10H2,1-3H3. The molecule has 5 nitrogen and oxygen atoms in total. The highest BCUT2D eigenvalue weighted by atomic mass is 32.2. The molecular formula is C14H24N2O3S2. The third-order valence-corrected chi connectivity index (χ3v) is 6.85. The van der Waals surface area contributed by atoms with E-state index in [0.29, 0.717) is 30.6 Å². The van der Waals surface area contributed by atoms with Crippen LogP contribution in [0, 0.1) is 0 Å². The SMILES string of the molecule is CCN(C(C)COC)S(=O)(=O)c1ccsc1CNC1CC1. The van der Waals surface area contributed by atoms with Crippen molar-refractivity contribution in [2.75, 3.05) is 20.3 Å². The number of hydrogen-bond donors (Lipinski definition) is 1. The van der Waals surface area contributed by atoms with Crippen LogP contribution in [0.3, 0.4) is 0 Å². The third-order valence-electron chi connectivity index (χ3n) is 3.63. The van der Waals surface area contributed by atoms with E-state index in [2.05, 4.69) is 5.32 Å². The van der Waals surface area contributed by atoms with Gasteiger partial charge in [0.25, 0.3) is 0 Å². The maximum atomic E-state index is 12.9. The van der Waals surface area contributed by atoms with Crippen LogP contribution in [0.5, 0.6) is 0 Å². The predicted octanol–water partition coefficient (Wildman–Crippen LogP) is 2.05. The van der Waals surface area contributed by atoms with Crippen molar-refractivity contribution in [2.24, 2.45) is 0 Å². The van der Waals surface area contributed by atoms with E-state index >= 15 is 0 Å². The topological polar surface area (TPSA) is 58.6 Å². The summed E-state index contributed by atoms with van der Waals surface area (Å²) in [6, 6.07) is 2.11. The molecule has 0 radical (unpaired) electrons. The van der Waals surface area contributed by atoms with Crippen LogP contribution >= 0.6 is 11.3 Å². The van der Waals surface area contributed by atoms with Gasteiger partial charge < -0.3 is 10.1 Å². The molecule has 0 amide bonds. The first-order chi connectivity index (χ1) is 10.0. The maximum absolute atomic E-state index is 12.9. The largest absolute Gasteiger partial charge is 0.383 e. The van der Waals surface area contributed by atoms with Crippen molar-refractivity contribution < 1.29 is 13.2 Å². The fraction of sp³-hybridized carbons (Fsp3) is 0.714. The maximum Gasteiger partial charge on any atom is 0.244 e. The number of methoxy groups -OCH3 is 1. The molecule has 120 valence electrons. The van der Waals surface area contributed by atoms with E-state index in [1.807, 2.05) is 19.2 Å². The molecule has 1 atom stereocenters. The second-order valence-corrected chi connectivity index (χ2v) is 8.24. The highest BCUT2D eigenvalue weighted by Crippen LogP contribution is 2.28. The van der Waals surface area contributed by atoms with Gasteiger partial charge in [-0.2, -0.15) is 4.31 Å². The average molecular weight is 332 g/mol. The van der Waals surface area contributed by atoms with Crippen molar-refractivity contribution in [3.8, 4) is 0 Å². The second kappa shape index (κ2) is 7.19. The van der Waals surface area contributed by atoms with Crippen LogP contribution in [-0.4, -0.2) is 45.1 Å². The number of nitrogens with zero attached hydrogens (tertiary/aromatic N) is 1. The van der Waals surface area contributed by atoms with Gasteiger partial charge in [0, 0.05) is 37.2 Å². The summed E-state index contributed by atoms with van der Waals surface area (Å²) >= 11 is 1.50. The minimum Gasteiger partial charge on any atom is -0.383 e. The summed E-state index contributed by atoms with van der Waals surface area (Å²) in [6.07, 6.45) is 2.39. The van der Waals surface area contributed by atoms with Crippen LogP contribution in [0.15, 0.2) is 16.3 Å². The summed E-state index contributed by atoms with van der Waals surface area (Å²) < 4.78 is 32.4. The Hall–Kier alpha value is -0.470. The highest BCUT2D eigenvalue weighted by molar-refractivity contribution is 7.89. The van der Waals surface area contributed by atoms with Gasteiger partial charge in [-0.05, 0) is 31.2 Å². The van der Waals surface area contributed by atoms with Crippen LogP contribution in [0.25, 0.3) is 0 Å². The van der Waals surface area contributed by atoms with Crippen LogP contribution < -0.4 is 5.32 Å². The summed E-state index contributed by atoms with van der Waals surface area (Å²) in [7, 11) is -1.87. The lowest BCUT2D eigenvalue weighted by molar-refractivity contribution is 0.142. The Morgan fingerprint density at radius 1 is 1.52 bits per heavy atom. The summed E-state index contributed by atoms with van der Waals surface area (Å²) in [6.45, 7) is 5.20. The van der Waals surface area contributed by atoms with Gasteiger partial charge in [-0.1, -0.05) is 6.92 Å². The molecule has 2 rings (SSSR count). The van der Waals surface area contributed by atoms with Crippen molar-refractivity contribution in [1.29, 1.82) is 0 Å². The number of hydrogen-bond acceptors (Lipinski definition) is 5. The third kappa shape index (κ3) is 4.04. The molecule has 7 heteroatoms. The van der Waals surface area contributed by atoms with E-state index in [1.54, 1.807) is 13.2 Å². The van der Waals surface area contributed by atoms with Gasteiger partial charge in [0.1, 0.15) is 0 Å². The van der Waals surface area contributed by atoms with Crippen molar-refractivity contribution in [2.45, 2.75) is 50.2 Å². The number of ether oxygens (including phenoxy) is 1. The molecule has 1 heterocycles. The van der Waals surface area contributed by atoms with Crippen molar-refractivity contribution in [3.05, 3.63) is 16.3 Å². The van der Waals surface area contributed by atoms with E-state index < -0.39 is 10.0 Å². The molecule has 1 N–H and O–H groups in total. The molecule has 1 aliphatic carbocycles. The molecule has 1 aromatic heterocycles. The number of nitrogens with one attached hydrogen (secondary N) is 1. The molecule has 1 aliphatic rings. The summed E-state index contributed by atoms with van der Waals surface area (Å²) in [5, 5.41) is 5.24. The van der Waals surface area contributed by atoms with Crippen molar-refractivity contribution in [1.82, 2.24) is 9.62 Å². The zero-order valence-corrected chi connectivity index (χ0v) is 14.5. The average Bonchev–Trinajstić information content (AvgIpc) is 3.13. The first-order valence-corrected chi connectivity index (χ1v) is 9.63.